The van der Waals surface area contributed by atoms with Gasteiger partial charge in [-0.1, -0.05) is 36.4 Å². The number of carbonyl (C=O) groups is 3. The van der Waals surface area contributed by atoms with Gasteiger partial charge in [0.05, 0.1) is 12.5 Å². The van der Waals surface area contributed by atoms with Crippen LogP contribution in [0.15, 0.2) is 48.5 Å². The number of carbonyl (C=O) groups excluding carboxylic acids is 3. The fourth-order valence-corrected chi connectivity index (χ4v) is 3.95. The number of nitrogens with one attached hydrogen (secondary N) is 1. The van der Waals surface area contributed by atoms with Crippen LogP contribution >= 0.6 is 0 Å². The summed E-state index contributed by atoms with van der Waals surface area (Å²) in [5, 5.41) is 2.36. The number of hydrogen-bond donors (Lipinski definition) is 1. The standard InChI is InChI=1S/C25H31F2NO6Si/c1-35(2,3)34-12-11-32-25(31)23(28-17-29)14-20(13-19-9-10-21(26)15-22(19)27)24(30)33-16-18-7-5-4-6-8-18/h4-10,15,17,20,23H,11-14,16H2,1-3H3,(H,28,29)/t20-,23-/m0/s1. The molecule has 7 nitrogen and oxygen atoms in total. The normalized spacial score (nSPS) is 12.9. The first-order valence-electron chi connectivity index (χ1n) is 11.2. The van der Waals surface area contributed by atoms with Crippen molar-refractivity contribution in [1.29, 1.82) is 0 Å². The van der Waals surface area contributed by atoms with Crippen LogP contribution < -0.4 is 5.32 Å². The second kappa shape index (κ2) is 13.7. The molecule has 0 radical (unpaired) electrons. The summed E-state index contributed by atoms with van der Waals surface area (Å²) >= 11 is 0. The number of ether oxygens (including phenoxy) is 2. The molecule has 0 heterocycles. The molecule has 0 saturated carbocycles. The van der Waals surface area contributed by atoms with Gasteiger partial charge in [0, 0.05) is 6.07 Å². The van der Waals surface area contributed by atoms with Gasteiger partial charge < -0.3 is 19.2 Å². The Morgan fingerprint density at radius 3 is 2.34 bits per heavy atom. The maximum absolute atomic E-state index is 14.3. The van der Waals surface area contributed by atoms with E-state index in [9.17, 15) is 23.2 Å². The highest BCUT2D eigenvalue weighted by Crippen LogP contribution is 2.21. The molecule has 10 heteroatoms. The molecule has 0 spiro atoms. The van der Waals surface area contributed by atoms with Gasteiger partial charge in [-0.15, -0.1) is 0 Å². The molecule has 2 aromatic rings. The summed E-state index contributed by atoms with van der Waals surface area (Å²) in [5.74, 6) is -4.03. The number of esters is 2. The third kappa shape index (κ3) is 10.4. The lowest BCUT2D eigenvalue weighted by Gasteiger charge is -2.22. The lowest BCUT2D eigenvalue weighted by atomic mass is 9.92. The molecule has 1 N–H and O–H groups in total. The molecule has 0 aliphatic carbocycles. The van der Waals surface area contributed by atoms with Gasteiger partial charge in [0.25, 0.3) is 0 Å². The molecule has 2 atom stereocenters. The lowest BCUT2D eigenvalue weighted by Crippen LogP contribution is -2.41. The van der Waals surface area contributed by atoms with Crippen LogP contribution in [0.5, 0.6) is 0 Å². The molecule has 0 aromatic heterocycles. The monoisotopic (exact) mass is 507 g/mol. The van der Waals surface area contributed by atoms with E-state index in [1.54, 1.807) is 24.3 Å². The fourth-order valence-electron chi connectivity index (χ4n) is 3.25. The zero-order chi connectivity index (χ0) is 25.8. The van der Waals surface area contributed by atoms with E-state index in [4.69, 9.17) is 13.9 Å². The summed E-state index contributed by atoms with van der Waals surface area (Å²) in [6, 6.07) is 10.8. The zero-order valence-electron chi connectivity index (χ0n) is 20.1. The number of rotatable bonds is 14. The summed E-state index contributed by atoms with van der Waals surface area (Å²) in [6.45, 7) is 6.14. The molecule has 0 unspecified atom stereocenters. The highest BCUT2D eigenvalue weighted by molar-refractivity contribution is 6.69. The quantitative estimate of drug-likeness (QED) is 0.181. The summed E-state index contributed by atoms with van der Waals surface area (Å²) in [4.78, 5) is 36.7. The Bertz CT molecular complexity index is 984. The summed E-state index contributed by atoms with van der Waals surface area (Å²) < 4.78 is 43.9. The Morgan fingerprint density at radius 2 is 1.71 bits per heavy atom. The Morgan fingerprint density at radius 1 is 1.00 bits per heavy atom. The van der Waals surface area contributed by atoms with Gasteiger partial charge in [-0.3, -0.25) is 9.59 Å². The molecular weight excluding hydrogens is 476 g/mol. The van der Waals surface area contributed by atoms with Gasteiger partial charge in [0.2, 0.25) is 6.41 Å². The molecule has 0 aliphatic heterocycles. The van der Waals surface area contributed by atoms with E-state index in [1.807, 2.05) is 25.7 Å². The van der Waals surface area contributed by atoms with Crippen LogP contribution in [-0.2, 0) is 41.3 Å². The van der Waals surface area contributed by atoms with E-state index < -0.39 is 43.9 Å². The topological polar surface area (TPSA) is 90.9 Å². The van der Waals surface area contributed by atoms with Crippen LogP contribution in [0.3, 0.4) is 0 Å². The van der Waals surface area contributed by atoms with Crippen LogP contribution in [0, 0.1) is 17.6 Å². The first-order valence-corrected chi connectivity index (χ1v) is 14.6. The molecule has 1 amide bonds. The molecular formula is C25H31F2NO6Si. The minimum Gasteiger partial charge on any atom is -0.462 e. The van der Waals surface area contributed by atoms with Crippen LogP contribution in [0.25, 0.3) is 0 Å². The highest BCUT2D eigenvalue weighted by atomic mass is 28.4. The Labute approximate surface area is 204 Å². The number of amides is 1. The first kappa shape index (κ1) is 28.1. The average Bonchev–Trinajstić information content (AvgIpc) is 2.80. The molecule has 2 rings (SSSR count). The van der Waals surface area contributed by atoms with E-state index >= 15 is 0 Å². The molecule has 0 fully saturated rings. The van der Waals surface area contributed by atoms with Crippen molar-refractivity contribution in [3.05, 3.63) is 71.3 Å². The highest BCUT2D eigenvalue weighted by Gasteiger charge is 2.30. The number of hydrogen-bond acceptors (Lipinski definition) is 6. The second-order valence-electron chi connectivity index (χ2n) is 8.93. The smallest absolute Gasteiger partial charge is 0.328 e. The first-order chi connectivity index (χ1) is 16.6. The van der Waals surface area contributed by atoms with Gasteiger partial charge >= 0.3 is 11.9 Å². The van der Waals surface area contributed by atoms with Crippen LogP contribution in [0.2, 0.25) is 19.6 Å². The second-order valence-corrected chi connectivity index (χ2v) is 13.4. The van der Waals surface area contributed by atoms with E-state index in [-0.39, 0.29) is 38.2 Å². The minimum atomic E-state index is -1.79. The third-order valence-electron chi connectivity index (χ3n) is 4.98. The van der Waals surface area contributed by atoms with Crippen molar-refractivity contribution in [2.45, 2.75) is 45.1 Å². The van der Waals surface area contributed by atoms with Crippen molar-refractivity contribution < 1.29 is 37.1 Å². The third-order valence-corrected chi connectivity index (χ3v) is 6.05. The molecule has 35 heavy (non-hydrogen) atoms. The lowest BCUT2D eigenvalue weighted by molar-refractivity contribution is -0.153. The van der Waals surface area contributed by atoms with Crippen molar-refractivity contribution in [3.8, 4) is 0 Å². The zero-order valence-corrected chi connectivity index (χ0v) is 21.1. The predicted octanol–water partition coefficient (Wildman–Crippen LogP) is 3.77. The Balaban J connectivity index is 2.12. The molecule has 0 aliphatic rings. The van der Waals surface area contributed by atoms with E-state index in [1.165, 1.54) is 6.07 Å². The van der Waals surface area contributed by atoms with Crippen molar-refractivity contribution in [3.63, 3.8) is 0 Å². The van der Waals surface area contributed by atoms with E-state index in [2.05, 4.69) is 5.32 Å². The van der Waals surface area contributed by atoms with Gasteiger partial charge in [0.1, 0.15) is 30.9 Å². The van der Waals surface area contributed by atoms with E-state index in [0.29, 0.717) is 6.41 Å². The van der Waals surface area contributed by atoms with Gasteiger partial charge in [-0.25, -0.2) is 13.6 Å². The summed E-state index contributed by atoms with van der Waals surface area (Å²) in [6.07, 6.45) is -0.0327. The van der Waals surface area contributed by atoms with Crippen LogP contribution in [0.4, 0.5) is 8.78 Å². The average molecular weight is 508 g/mol. The largest absolute Gasteiger partial charge is 0.462 e. The van der Waals surface area contributed by atoms with Crippen molar-refractivity contribution in [2.24, 2.45) is 5.92 Å². The predicted molar refractivity (Wildman–Crippen MR) is 128 cm³/mol. The maximum Gasteiger partial charge on any atom is 0.328 e. The summed E-state index contributed by atoms with van der Waals surface area (Å²) in [5.41, 5.74) is 0.826. The maximum atomic E-state index is 14.3. The molecule has 0 bridgehead atoms. The Kier molecular flexibility index (Phi) is 11.0. The Hall–Kier alpha value is -3.11. The fraction of sp³-hybridized carbons (Fsp3) is 0.400. The van der Waals surface area contributed by atoms with Crippen molar-refractivity contribution in [2.75, 3.05) is 13.2 Å². The molecule has 2 aromatic carbocycles. The van der Waals surface area contributed by atoms with E-state index in [0.717, 1.165) is 17.7 Å². The van der Waals surface area contributed by atoms with Crippen LogP contribution in [0.1, 0.15) is 17.5 Å². The summed E-state index contributed by atoms with van der Waals surface area (Å²) in [7, 11) is -1.79. The van der Waals surface area contributed by atoms with Crippen molar-refractivity contribution in [1.82, 2.24) is 5.32 Å². The number of benzene rings is 2. The van der Waals surface area contributed by atoms with Crippen molar-refractivity contribution >= 4 is 26.7 Å². The van der Waals surface area contributed by atoms with Crippen LogP contribution in [-0.4, -0.2) is 45.9 Å². The molecule has 0 saturated heterocycles. The number of halogens is 2. The van der Waals surface area contributed by atoms with Gasteiger partial charge in [0.15, 0.2) is 8.32 Å². The minimum absolute atomic E-state index is 0.0180. The van der Waals surface area contributed by atoms with Gasteiger partial charge in [-0.2, -0.15) is 0 Å². The SMILES string of the molecule is C[Si](C)(C)OCCOC(=O)[C@H](C[C@H](Cc1ccc(F)cc1F)C(=O)OCc1ccccc1)NC=O. The molecule has 190 valence electrons. The van der Waals surface area contributed by atoms with Gasteiger partial charge in [-0.05, 0) is 49.7 Å².